The van der Waals surface area contributed by atoms with Crippen molar-refractivity contribution in [3.8, 4) is 0 Å². The molecular formula is C10H17NO. The van der Waals surface area contributed by atoms with Gasteiger partial charge in [-0.2, -0.15) is 0 Å². The average molecular weight is 167 g/mol. The number of hydrogen-bond donors (Lipinski definition) is 2. The van der Waals surface area contributed by atoms with Gasteiger partial charge in [0, 0.05) is 5.57 Å². The molecular weight excluding hydrogens is 150 g/mol. The van der Waals surface area contributed by atoms with E-state index in [0.717, 1.165) is 5.57 Å². The van der Waals surface area contributed by atoms with E-state index in [-0.39, 0.29) is 0 Å². The van der Waals surface area contributed by atoms with Gasteiger partial charge < -0.3 is 10.8 Å². The maximum atomic E-state index is 9.53. The Morgan fingerprint density at radius 1 is 1.58 bits per heavy atom. The van der Waals surface area contributed by atoms with Gasteiger partial charge >= 0.3 is 0 Å². The van der Waals surface area contributed by atoms with E-state index in [1.54, 1.807) is 19.1 Å². The van der Waals surface area contributed by atoms with Gasteiger partial charge in [-0.3, -0.25) is 0 Å². The molecule has 3 N–H and O–H groups in total. The highest BCUT2D eigenvalue weighted by molar-refractivity contribution is 5.36. The zero-order valence-electron chi connectivity index (χ0n) is 7.96. The Morgan fingerprint density at radius 3 is 2.33 bits per heavy atom. The summed E-state index contributed by atoms with van der Waals surface area (Å²) in [6, 6.07) is 0. The molecule has 0 aromatic carbocycles. The Hall–Kier alpha value is -0.860. The second-order valence-electron chi connectivity index (χ2n) is 2.95. The van der Waals surface area contributed by atoms with Gasteiger partial charge in [0.05, 0.1) is 0 Å². The van der Waals surface area contributed by atoms with Crippen LogP contribution in [0.1, 0.15) is 20.8 Å². The van der Waals surface area contributed by atoms with Gasteiger partial charge in [-0.25, -0.2) is 0 Å². The molecule has 2 nitrogen and oxygen atoms in total. The van der Waals surface area contributed by atoms with Crippen LogP contribution in [0, 0.1) is 0 Å². The molecule has 0 radical (unpaired) electrons. The Kier molecular flexibility index (Phi) is 3.93. The summed E-state index contributed by atoms with van der Waals surface area (Å²) in [6.45, 7) is 8.91. The van der Waals surface area contributed by atoms with E-state index in [0.29, 0.717) is 5.57 Å². The molecule has 0 bridgehead atoms. The lowest BCUT2D eigenvalue weighted by Crippen LogP contribution is -2.37. The highest BCUT2D eigenvalue weighted by Crippen LogP contribution is 2.17. The lowest BCUT2D eigenvalue weighted by Gasteiger charge is -2.20. The number of nitrogens with two attached hydrogens (primary N) is 1. The van der Waals surface area contributed by atoms with E-state index in [4.69, 9.17) is 5.73 Å². The molecule has 0 spiro atoms. The van der Waals surface area contributed by atoms with Gasteiger partial charge in [-0.1, -0.05) is 24.8 Å². The molecule has 0 saturated carbocycles. The lowest BCUT2D eigenvalue weighted by molar-refractivity contribution is 0.109. The van der Waals surface area contributed by atoms with Crippen molar-refractivity contribution in [3.05, 3.63) is 36.0 Å². The molecule has 0 aliphatic rings. The quantitative estimate of drug-likeness (QED) is 0.496. The van der Waals surface area contributed by atoms with Gasteiger partial charge in [0.25, 0.3) is 0 Å². The summed E-state index contributed by atoms with van der Waals surface area (Å²) in [5, 5.41) is 9.53. The van der Waals surface area contributed by atoms with Crippen molar-refractivity contribution in [2.75, 3.05) is 0 Å². The summed E-state index contributed by atoms with van der Waals surface area (Å²) in [5.41, 5.74) is 5.84. The molecule has 68 valence electrons. The fourth-order valence-corrected chi connectivity index (χ4v) is 0.976. The molecule has 0 aliphatic carbocycles. The Morgan fingerprint density at radius 2 is 2.08 bits per heavy atom. The molecule has 0 fully saturated rings. The Bertz CT molecular complexity index is 218. The van der Waals surface area contributed by atoms with Gasteiger partial charge in [0.2, 0.25) is 0 Å². The predicted molar refractivity (Wildman–Crippen MR) is 52.5 cm³/mol. The molecule has 0 saturated heterocycles. The third kappa shape index (κ3) is 3.03. The third-order valence-corrected chi connectivity index (χ3v) is 1.61. The van der Waals surface area contributed by atoms with E-state index in [2.05, 4.69) is 6.58 Å². The predicted octanol–water partition coefficient (Wildman–Crippen LogP) is 1.73. The zero-order valence-corrected chi connectivity index (χ0v) is 7.96. The zero-order chi connectivity index (χ0) is 9.78. The van der Waals surface area contributed by atoms with Crippen LogP contribution in [-0.2, 0) is 0 Å². The second-order valence-corrected chi connectivity index (χ2v) is 2.95. The first-order chi connectivity index (χ1) is 5.43. The maximum absolute atomic E-state index is 9.53. The Labute approximate surface area is 74.1 Å². The Balaban J connectivity index is 5.05. The van der Waals surface area contributed by atoms with Crippen molar-refractivity contribution < 1.29 is 5.11 Å². The van der Waals surface area contributed by atoms with Crippen LogP contribution in [0.3, 0.4) is 0 Å². The molecule has 0 aromatic heterocycles. The highest BCUT2D eigenvalue weighted by atomic mass is 16.3. The molecule has 12 heavy (non-hydrogen) atoms. The minimum atomic E-state index is -1.29. The fraction of sp³-hybridized carbons (Fsp3) is 0.400. The van der Waals surface area contributed by atoms with Crippen LogP contribution < -0.4 is 5.73 Å². The summed E-state index contributed by atoms with van der Waals surface area (Å²) in [5.74, 6) is 0. The monoisotopic (exact) mass is 167 g/mol. The largest absolute Gasteiger partial charge is 0.372 e. The molecule has 0 heterocycles. The minimum Gasteiger partial charge on any atom is -0.372 e. The van der Waals surface area contributed by atoms with Crippen LogP contribution in [0.4, 0.5) is 0 Å². The number of hydrogen-bond acceptors (Lipinski definition) is 2. The minimum absolute atomic E-state index is 0.694. The fourth-order valence-electron chi connectivity index (χ4n) is 0.976. The third-order valence-electron chi connectivity index (χ3n) is 1.61. The summed E-state index contributed by atoms with van der Waals surface area (Å²) in [6.07, 6.45) is 5.30. The van der Waals surface area contributed by atoms with Gasteiger partial charge in [0.15, 0.2) is 0 Å². The summed E-state index contributed by atoms with van der Waals surface area (Å²) in [7, 11) is 0. The van der Waals surface area contributed by atoms with Crippen molar-refractivity contribution >= 4 is 0 Å². The summed E-state index contributed by atoms with van der Waals surface area (Å²) >= 11 is 0. The average Bonchev–Trinajstić information content (AvgIpc) is 1.96. The molecule has 0 amide bonds. The van der Waals surface area contributed by atoms with Crippen molar-refractivity contribution in [3.63, 3.8) is 0 Å². The smallest absolute Gasteiger partial charge is 0.137 e. The van der Waals surface area contributed by atoms with Crippen LogP contribution in [-0.4, -0.2) is 10.8 Å². The van der Waals surface area contributed by atoms with Crippen LogP contribution >= 0.6 is 0 Å². The standard InChI is InChI=1S/C10H17NO/c1-5-7-9(8(3)6-2)10(4,11)12/h5-7,12H,2,11H2,1,3-4H3/b7-5-,9-8+. The molecule has 2 heteroatoms. The molecule has 0 rings (SSSR count). The van der Waals surface area contributed by atoms with Crippen molar-refractivity contribution in [1.82, 2.24) is 0 Å². The highest BCUT2D eigenvalue weighted by Gasteiger charge is 2.18. The number of aliphatic hydroxyl groups is 1. The van der Waals surface area contributed by atoms with Crippen molar-refractivity contribution in [2.24, 2.45) is 5.73 Å². The van der Waals surface area contributed by atoms with Crippen molar-refractivity contribution in [1.29, 1.82) is 0 Å². The van der Waals surface area contributed by atoms with Gasteiger partial charge in [-0.15, -0.1) is 0 Å². The number of allylic oxidation sites excluding steroid dienone is 3. The van der Waals surface area contributed by atoms with E-state index in [1.165, 1.54) is 0 Å². The first-order valence-electron chi connectivity index (χ1n) is 3.91. The molecule has 1 unspecified atom stereocenters. The van der Waals surface area contributed by atoms with Crippen LogP contribution in [0.15, 0.2) is 36.0 Å². The van der Waals surface area contributed by atoms with E-state index < -0.39 is 5.72 Å². The molecule has 0 aromatic rings. The first kappa shape index (κ1) is 11.1. The van der Waals surface area contributed by atoms with E-state index in [9.17, 15) is 5.11 Å². The van der Waals surface area contributed by atoms with E-state index >= 15 is 0 Å². The first-order valence-corrected chi connectivity index (χ1v) is 3.91. The molecule has 0 aliphatic heterocycles. The van der Waals surface area contributed by atoms with Gasteiger partial charge in [0.1, 0.15) is 5.72 Å². The topological polar surface area (TPSA) is 46.2 Å². The van der Waals surface area contributed by atoms with Gasteiger partial charge in [-0.05, 0) is 26.3 Å². The summed E-state index contributed by atoms with van der Waals surface area (Å²) < 4.78 is 0. The second kappa shape index (κ2) is 4.24. The van der Waals surface area contributed by atoms with E-state index in [1.807, 2.05) is 19.9 Å². The van der Waals surface area contributed by atoms with Crippen molar-refractivity contribution in [2.45, 2.75) is 26.5 Å². The SMILES string of the molecule is C=C/C(C)=C(\C=C/C)C(C)(N)O. The van der Waals surface area contributed by atoms with Crippen LogP contribution in [0.5, 0.6) is 0 Å². The van der Waals surface area contributed by atoms with Crippen LogP contribution in [0.2, 0.25) is 0 Å². The maximum Gasteiger partial charge on any atom is 0.137 e. The molecule has 1 atom stereocenters. The van der Waals surface area contributed by atoms with Crippen LogP contribution in [0.25, 0.3) is 0 Å². The normalized spacial score (nSPS) is 18.8. The number of rotatable bonds is 3. The lowest BCUT2D eigenvalue weighted by atomic mass is 9.99. The summed E-state index contributed by atoms with van der Waals surface area (Å²) in [4.78, 5) is 0.